The van der Waals surface area contributed by atoms with E-state index in [0.29, 0.717) is 22.9 Å². The molecule has 1 heterocycles. The van der Waals surface area contributed by atoms with Crippen LogP contribution in [0.5, 0.6) is 0 Å². The van der Waals surface area contributed by atoms with Crippen molar-refractivity contribution in [2.24, 2.45) is 16.6 Å². The summed E-state index contributed by atoms with van der Waals surface area (Å²) in [6.07, 6.45) is 6.72. The summed E-state index contributed by atoms with van der Waals surface area (Å²) < 4.78 is 23.4. The van der Waals surface area contributed by atoms with Gasteiger partial charge in [-0.25, -0.2) is 13.4 Å². The number of rotatable bonds is 11. The Hall–Kier alpha value is -2.79. The summed E-state index contributed by atoms with van der Waals surface area (Å²) >= 11 is 1.35. The van der Waals surface area contributed by atoms with Crippen molar-refractivity contribution in [3.63, 3.8) is 0 Å². The summed E-state index contributed by atoms with van der Waals surface area (Å²) in [4.78, 5) is 19.9. The van der Waals surface area contributed by atoms with Gasteiger partial charge in [-0.05, 0) is 35.9 Å². The highest BCUT2D eigenvalue weighted by atomic mass is 32.2. The number of carbonyl (C=O) groups is 1. The number of amides is 1. The number of thiophene rings is 1. The summed E-state index contributed by atoms with van der Waals surface area (Å²) in [5, 5.41) is 12.0. The molecule has 0 aliphatic carbocycles. The highest BCUT2D eigenvalue weighted by Gasteiger charge is 2.16. The Morgan fingerprint density at radius 1 is 1.39 bits per heavy atom. The zero-order chi connectivity index (χ0) is 24.6. The summed E-state index contributed by atoms with van der Waals surface area (Å²) in [6.45, 7) is 6.29. The second-order valence-electron chi connectivity index (χ2n) is 7.52. The molecule has 2 rings (SSSR count). The number of nitrogens with one attached hydrogen (secondary N) is 1. The van der Waals surface area contributed by atoms with E-state index in [1.807, 2.05) is 19.1 Å². The Kier molecular flexibility index (Phi) is 9.54. The molecule has 8 nitrogen and oxygen atoms in total. The van der Waals surface area contributed by atoms with Crippen molar-refractivity contribution in [3.05, 3.63) is 64.1 Å². The number of sulfone groups is 1. The molecule has 0 aliphatic heterocycles. The zero-order valence-electron chi connectivity index (χ0n) is 19.0. The number of aliphatic hydroxyl groups is 1. The molecule has 0 bridgehead atoms. The Morgan fingerprint density at radius 3 is 2.76 bits per heavy atom. The van der Waals surface area contributed by atoms with E-state index in [4.69, 9.17) is 10.8 Å². The molecule has 4 N–H and O–H groups in total. The molecule has 1 unspecified atom stereocenters. The van der Waals surface area contributed by atoms with Crippen LogP contribution in [0.25, 0.3) is 6.08 Å². The number of nitrogens with two attached hydrogens (primary N) is 1. The molecule has 0 saturated carbocycles. The third kappa shape index (κ3) is 7.93. The van der Waals surface area contributed by atoms with Gasteiger partial charge < -0.3 is 21.1 Å². The lowest BCUT2D eigenvalue weighted by Gasteiger charge is -2.13. The van der Waals surface area contributed by atoms with Crippen LogP contribution in [0.2, 0.25) is 0 Å². The van der Waals surface area contributed by atoms with E-state index >= 15 is 0 Å². The van der Waals surface area contributed by atoms with Gasteiger partial charge in [-0.3, -0.25) is 4.79 Å². The Labute approximate surface area is 199 Å². The van der Waals surface area contributed by atoms with Crippen LogP contribution in [0, 0.1) is 5.92 Å². The Balaban J connectivity index is 2.04. The first-order valence-electron chi connectivity index (χ1n) is 10.2. The molecule has 1 aromatic carbocycles. The van der Waals surface area contributed by atoms with E-state index in [2.05, 4.69) is 16.9 Å². The van der Waals surface area contributed by atoms with Crippen LogP contribution >= 0.6 is 11.3 Å². The quantitative estimate of drug-likeness (QED) is 0.416. The predicted molar refractivity (Wildman–Crippen MR) is 135 cm³/mol. The van der Waals surface area contributed by atoms with Gasteiger partial charge in [-0.1, -0.05) is 25.6 Å². The number of carbonyl (C=O) groups excluding carboxylic acids is 1. The van der Waals surface area contributed by atoms with Crippen molar-refractivity contribution >= 4 is 45.1 Å². The normalized spacial score (nSPS) is 12.9. The standard InChI is InChI=1S/C23H30N4O4S2/c1-16(15-25-17(2)26-19-6-5-7-20(13-19)33(4,30)31)8-9-21-18(14-24)12-22(32-21)23(29)27(3)10-11-28/h5-9,12-13,15-16,26,28H,2,10-11,14,24H2,1,3-4H3/b9-8-,25-15-. The van der Waals surface area contributed by atoms with E-state index in [9.17, 15) is 13.2 Å². The molecule has 0 aliphatic rings. The number of allylic oxidation sites excluding steroid dienone is 1. The number of likely N-dealkylation sites (N-methyl/N-ethyl adjacent to an activating group) is 1. The molecule has 33 heavy (non-hydrogen) atoms. The lowest BCUT2D eigenvalue weighted by Crippen LogP contribution is -2.28. The number of aliphatic imine (C=N–C) groups is 1. The van der Waals surface area contributed by atoms with Crippen LogP contribution in [0.1, 0.15) is 27.0 Å². The smallest absolute Gasteiger partial charge is 0.263 e. The van der Waals surface area contributed by atoms with Gasteiger partial charge in [-0.2, -0.15) is 0 Å². The van der Waals surface area contributed by atoms with E-state index in [1.165, 1.54) is 28.4 Å². The van der Waals surface area contributed by atoms with Crippen LogP contribution in [0.4, 0.5) is 5.69 Å². The number of hydrogen-bond acceptors (Lipinski definition) is 8. The van der Waals surface area contributed by atoms with Gasteiger partial charge >= 0.3 is 0 Å². The third-order valence-electron chi connectivity index (χ3n) is 4.62. The molecule has 2 aromatic rings. The first-order chi connectivity index (χ1) is 15.5. The Bertz CT molecular complexity index is 1150. The molecule has 178 valence electrons. The molecular weight excluding hydrogens is 460 g/mol. The van der Waals surface area contributed by atoms with Crippen molar-refractivity contribution in [2.75, 3.05) is 31.8 Å². The average molecular weight is 491 g/mol. The third-order valence-corrected chi connectivity index (χ3v) is 6.86. The Morgan fingerprint density at radius 2 is 2.12 bits per heavy atom. The number of benzene rings is 1. The van der Waals surface area contributed by atoms with Gasteiger partial charge in [0.2, 0.25) is 0 Å². The van der Waals surface area contributed by atoms with Gasteiger partial charge in [0, 0.05) is 49.1 Å². The highest BCUT2D eigenvalue weighted by Crippen LogP contribution is 2.25. The summed E-state index contributed by atoms with van der Waals surface area (Å²) in [6, 6.07) is 8.23. The van der Waals surface area contributed by atoms with Gasteiger partial charge in [0.25, 0.3) is 5.91 Å². The van der Waals surface area contributed by atoms with Crippen molar-refractivity contribution < 1.29 is 18.3 Å². The molecule has 10 heteroatoms. The van der Waals surface area contributed by atoms with Crippen LogP contribution in [-0.4, -0.2) is 57.0 Å². The fraction of sp³-hybridized carbons (Fsp3) is 0.304. The fourth-order valence-corrected chi connectivity index (χ4v) is 4.56. The fourth-order valence-electron chi connectivity index (χ4n) is 2.79. The molecule has 0 spiro atoms. The largest absolute Gasteiger partial charge is 0.395 e. The minimum Gasteiger partial charge on any atom is -0.395 e. The second-order valence-corrected chi connectivity index (χ2v) is 10.6. The van der Waals surface area contributed by atoms with E-state index < -0.39 is 9.84 Å². The monoisotopic (exact) mass is 490 g/mol. The topological polar surface area (TPSA) is 125 Å². The van der Waals surface area contributed by atoms with Crippen LogP contribution < -0.4 is 11.1 Å². The molecule has 0 saturated heterocycles. The molecule has 1 amide bonds. The van der Waals surface area contributed by atoms with Gasteiger partial charge in [-0.15, -0.1) is 11.3 Å². The molecule has 1 atom stereocenters. The van der Waals surface area contributed by atoms with Crippen molar-refractivity contribution in [3.8, 4) is 0 Å². The average Bonchev–Trinajstić information content (AvgIpc) is 3.18. The zero-order valence-corrected chi connectivity index (χ0v) is 20.6. The number of nitrogens with zero attached hydrogens (tertiary/aromatic N) is 2. The molecular formula is C23H30N4O4S2. The maximum Gasteiger partial charge on any atom is 0.263 e. The molecule has 0 radical (unpaired) electrons. The number of hydrogen-bond donors (Lipinski definition) is 3. The molecule has 1 aromatic heterocycles. The summed E-state index contributed by atoms with van der Waals surface area (Å²) in [5.41, 5.74) is 7.29. The van der Waals surface area contributed by atoms with Crippen molar-refractivity contribution in [2.45, 2.75) is 18.4 Å². The predicted octanol–water partition coefficient (Wildman–Crippen LogP) is 2.98. The minimum atomic E-state index is -3.30. The van der Waals surface area contributed by atoms with Gasteiger partial charge in [0.15, 0.2) is 9.84 Å². The molecule has 0 fully saturated rings. The number of anilines is 1. The maximum absolute atomic E-state index is 12.4. The van der Waals surface area contributed by atoms with E-state index in [-0.39, 0.29) is 29.9 Å². The number of aliphatic hydroxyl groups excluding tert-OH is 1. The van der Waals surface area contributed by atoms with E-state index in [0.717, 1.165) is 16.7 Å². The second kappa shape index (κ2) is 11.9. The lowest BCUT2D eigenvalue weighted by atomic mass is 10.1. The van der Waals surface area contributed by atoms with Crippen LogP contribution in [0.3, 0.4) is 0 Å². The highest BCUT2D eigenvalue weighted by molar-refractivity contribution is 7.90. The lowest BCUT2D eigenvalue weighted by molar-refractivity contribution is 0.0771. The van der Waals surface area contributed by atoms with Crippen molar-refractivity contribution in [1.82, 2.24) is 4.90 Å². The summed E-state index contributed by atoms with van der Waals surface area (Å²) in [5.74, 6) is 0.189. The van der Waals surface area contributed by atoms with Gasteiger partial charge in [0.1, 0.15) is 5.82 Å². The summed E-state index contributed by atoms with van der Waals surface area (Å²) in [7, 11) is -1.65. The first kappa shape index (κ1) is 26.5. The first-order valence-corrected chi connectivity index (χ1v) is 12.9. The minimum absolute atomic E-state index is 0.0326. The van der Waals surface area contributed by atoms with Crippen LogP contribution in [0.15, 0.2) is 58.7 Å². The van der Waals surface area contributed by atoms with E-state index in [1.54, 1.807) is 31.5 Å². The maximum atomic E-state index is 12.4. The van der Waals surface area contributed by atoms with Crippen molar-refractivity contribution in [1.29, 1.82) is 0 Å². The van der Waals surface area contributed by atoms with Gasteiger partial charge in [0.05, 0.1) is 16.4 Å². The van der Waals surface area contributed by atoms with Crippen LogP contribution in [-0.2, 0) is 16.4 Å². The SMILES string of the molecule is C=C(/N=C\C(C)/C=C\c1sc(C(=O)N(C)CCO)cc1CN)Nc1cccc(S(C)(=O)=O)c1.